The van der Waals surface area contributed by atoms with Crippen LogP contribution in [0.15, 0.2) is 30.3 Å². The molecule has 0 saturated heterocycles. The Morgan fingerprint density at radius 2 is 2.05 bits per heavy atom. The minimum Gasteiger partial charge on any atom is -0.360 e. The largest absolute Gasteiger partial charge is 0.360 e. The number of nitrogens with zero attached hydrogens (tertiary/aromatic N) is 3. The van der Waals surface area contributed by atoms with Gasteiger partial charge in [-0.05, 0) is 31.5 Å². The van der Waals surface area contributed by atoms with Crippen molar-refractivity contribution in [2.24, 2.45) is 0 Å². The second-order valence-electron chi connectivity index (χ2n) is 5.10. The van der Waals surface area contributed by atoms with E-state index in [9.17, 15) is 0 Å². The van der Waals surface area contributed by atoms with E-state index in [0.29, 0.717) is 11.0 Å². The molecule has 1 aromatic carbocycles. The van der Waals surface area contributed by atoms with Crippen molar-refractivity contribution in [1.29, 1.82) is 0 Å². The lowest BCUT2D eigenvalue weighted by atomic mass is 10.3. The highest BCUT2D eigenvalue weighted by molar-refractivity contribution is 6.30. The second kappa shape index (κ2) is 7.27. The predicted molar refractivity (Wildman–Crippen MR) is 89.7 cm³/mol. The van der Waals surface area contributed by atoms with Crippen molar-refractivity contribution in [1.82, 2.24) is 9.97 Å². The third-order valence-electron chi connectivity index (χ3n) is 3.16. The molecule has 112 valence electrons. The normalized spacial score (nSPS) is 10.5. The van der Waals surface area contributed by atoms with Crippen LogP contribution in [0.4, 0.5) is 17.5 Å². The van der Waals surface area contributed by atoms with Crippen molar-refractivity contribution >= 4 is 29.1 Å². The van der Waals surface area contributed by atoms with Crippen molar-refractivity contribution in [3.63, 3.8) is 0 Å². The molecule has 0 amide bonds. The van der Waals surface area contributed by atoms with E-state index in [-0.39, 0.29) is 0 Å². The number of rotatable bonds is 6. The summed E-state index contributed by atoms with van der Waals surface area (Å²) in [6, 6.07) is 9.53. The zero-order chi connectivity index (χ0) is 15.2. The molecule has 0 spiro atoms. The van der Waals surface area contributed by atoms with Crippen LogP contribution >= 0.6 is 11.6 Å². The second-order valence-corrected chi connectivity index (χ2v) is 5.54. The lowest BCUT2D eigenvalue weighted by molar-refractivity contribution is 0.758. The SMILES string of the molecule is CCCCN(C)c1cc(C)nc(Nc2cccc(Cl)c2)n1. The molecule has 0 bridgehead atoms. The van der Waals surface area contributed by atoms with Crippen LogP contribution in [-0.4, -0.2) is 23.6 Å². The molecule has 0 saturated carbocycles. The van der Waals surface area contributed by atoms with Gasteiger partial charge in [0.1, 0.15) is 5.82 Å². The number of halogens is 1. The van der Waals surface area contributed by atoms with Gasteiger partial charge >= 0.3 is 0 Å². The van der Waals surface area contributed by atoms with Crippen LogP contribution < -0.4 is 10.2 Å². The molecule has 5 heteroatoms. The van der Waals surface area contributed by atoms with E-state index in [2.05, 4.69) is 34.2 Å². The molecule has 2 rings (SSSR count). The number of aryl methyl sites for hydroxylation is 1. The van der Waals surface area contributed by atoms with Gasteiger partial charge in [-0.2, -0.15) is 4.98 Å². The van der Waals surface area contributed by atoms with E-state index in [4.69, 9.17) is 11.6 Å². The molecule has 2 aromatic rings. The van der Waals surface area contributed by atoms with E-state index in [1.807, 2.05) is 37.3 Å². The molecule has 0 fully saturated rings. The van der Waals surface area contributed by atoms with Crippen LogP contribution in [0.1, 0.15) is 25.5 Å². The third kappa shape index (κ3) is 4.60. The first kappa shape index (κ1) is 15.6. The first-order valence-corrected chi connectivity index (χ1v) is 7.55. The van der Waals surface area contributed by atoms with Gasteiger partial charge in [0.25, 0.3) is 0 Å². The smallest absolute Gasteiger partial charge is 0.229 e. The monoisotopic (exact) mass is 304 g/mol. The van der Waals surface area contributed by atoms with Gasteiger partial charge in [0, 0.05) is 36.1 Å². The minimum atomic E-state index is 0.593. The summed E-state index contributed by atoms with van der Waals surface area (Å²) in [5.74, 6) is 1.52. The summed E-state index contributed by atoms with van der Waals surface area (Å²) in [6.45, 7) is 5.15. The Labute approximate surface area is 131 Å². The highest BCUT2D eigenvalue weighted by Crippen LogP contribution is 2.20. The van der Waals surface area contributed by atoms with Gasteiger partial charge < -0.3 is 10.2 Å². The highest BCUT2D eigenvalue weighted by atomic mass is 35.5. The van der Waals surface area contributed by atoms with Crippen molar-refractivity contribution < 1.29 is 0 Å². The molecule has 0 aliphatic carbocycles. The van der Waals surface area contributed by atoms with E-state index in [1.165, 1.54) is 6.42 Å². The molecule has 0 unspecified atom stereocenters. The fourth-order valence-electron chi connectivity index (χ4n) is 2.01. The molecule has 1 aromatic heterocycles. The molecule has 0 atom stereocenters. The predicted octanol–water partition coefficient (Wildman–Crippen LogP) is 4.42. The lowest BCUT2D eigenvalue weighted by Gasteiger charge is -2.19. The summed E-state index contributed by atoms with van der Waals surface area (Å²) >= 11 is 5.99. The number of unbranched alkanes of at least 4 members (excludes halogenated alkanes) is 1. The molecule has 0 aliphatic heterocycles. The number of aromatic nitrogens is 2. The van der Waals surface area contributed by atoms with Crippen molar-refractivity contribution in [2.75, 3.05) is 23.8 Å². The maximum atomic E-state index is 5.99. The molecule has 1 heterocycles. The van der Waals surface area contributed by atoms with Crippen molar-refractivity contribution in [3.05, 3.63) is 41.0 Å². The Hall–Kier alpha value is -1.81. The van der Waals surface area contributed by atoms with E-state index in [0.717, 1.165) is 30.2 Å². The summed E-state index contributed by atoms with van der Waals surface area (Å²) in [6.07, 6.45) is 2.32. The van der Waals surface area contributed by atoms with Gasteiger partial charge in [-0.1, -0.05) is 31.0 Å². The zero-order valence-electron chi connectivity index (χ0n) is 12.7. The van der Waals surface area contributed by atoms with E-state index < -0.39 is 0 Å². The number of nitrogens with one attached hydrogen (secondary N) is 1. The van der Waals surface area contributed by atoms with Crippen molar-refractivity contribution in [3.8, 4) is 0 Å². The van der Waals surface area contributed by atoms with Gasteiger partial charge in [-0.3, -0.25) is 0 Å². The molecule has 1 N–H and O–H groups in total. The number of benzene rings is 1. The average Bonchev–Trinajstić information content (AvgIpc) is 2.44. The average molecular weight is 305 g/mol. The first-order valence-electron chi connectivity index (χ1n) is 7.18. The molecule has 21 heavy (non-hydrogen) atoms. The standard InChI is InChI=1S/C16H21ClN4/c1-4-5-9-21(3)15-10-12(2)18-16(20-15)19-14-8-6-7-13(17)11-14/h6-8,10-11H,4-5,9H2,1-3H3,(H,18,19,20). The topological polar surface area (TPSA) is 41.1 Å². The molecule has 0 aliphatic rings. The Kier molecular flexibility index (Phi) is 5.39. The van der Waals surface area contributed by atoms with Gasteiger partial charge in [0.05, 0.1) is 0 Å². The van der Waals surface area contributed by atoms with Crippen LogP contribution in [0, 0.1) is 6.92 Å². The quantitative estimate of drug-likeness (QED) is 0.858. The Bertz CT molecular complexity index is 601. The van der Waals surface area contributed by atoms with Crippen molar-refractivity contribution in [2.45, 2.75) is 26.7 Å². The van der Waals surface area contributed by atoms with Crippen LogP contribution in [0.5, 0.6) is 0 Å². The Balaban J connectivity index is 2.18. The summed E-state index contributed by atoms with van der Waals surface area (Å²) < 4.78 is 0. The molecule has 4 nitrogen and oxygen atoms in total. The summed E-state index contributed by atoms with van der Waals surface area (Å²) in [5.41, 5.74) is 1.82. The number of anilines is 3. The number of hydrogen-bond donors (Lipinski definition) is 1. The maximum absolute atomic E-state index is 5.99. The fourth-order valence-corrected chi connectivity index (χ4v) is 2.20. The molecule has 0 radical (unpaired) electrons. The van der Waals surface area contributed by atoms with Gasteiger partial charge in [-0.25, -0.2) is 4.98 Å². The van der Waals surface area contributed by atoms with E-state index in [1.54, 1.807) is 0 Å². The van der Waals surface area contributed by atoms with Crippen LogP contribution in [0.25, 0.3) is 0 Å². The Morgan fingerprint density at radius 3 is 2.76 bits per heavy atom. The molecular formula is C16H21ClN4. The fraction of sp³-hybridized carbons (Fsp3) is 0.375. The van der Waals surface area contributed by atoms with E-state index >= 15 is 0 Å². The first-order chi connectivity index (χ1) is 10.1. The van der Waals surface area contributed by atoms with Gasteiger partial charge in [-0.15, -0.1) is 0 Å². The van der Waals surface area contributed by atoms with Crippen LogP contribution in [-0.2, 0) is 0 Å². The third-order valence-corrected chi connectivity index (χ3v) is 3.39. The number of hydrogen-bond acceptors (Lipinski definition) is 4. The Morgan fingerprint density at radius 1 is 1.24 bits per heavy atom. The summed E-state index contributed by atoms with van der Waals surface area (Å²) in [4.78, 5) is 11.2. The highest BCUT2D eigenvalue weighted by Gasteiger charge is 2.07. The zero-order valence-corrected chi connectivity index (χ0v) is 13.5. The summed E-state index contributed by atoms with van der Waals surface area (Å²) in [5, 5.41) is 3.89. The maximum Gasteiger partial charge on any atom is 0.229 e. The molecular weight excluding hydrogens is 284 g/mol. The van der Waals surface area contributed by atoms with Crippen LogP contribution in [0.3, 0.4) is 0 Å². The lowest BCUT2D eigenvalue weighted by Crippen LogP contribution is -2.20. The van der Waals surface area contributed by atoms with Crippen LogP contribution in [0.2, 0.25) is 5.02 Å². The van der Waals surface area contributed by atoms with Gasteiger partial charge in [0.15, 0.2) is 0 Å². The summed E-state index contributed by atoms with van der Waals surface area (Å²) in [7, 11) is 2.06. The van der Waals surface area contributed by atoms with Gasteiger partial charge in [0.2, 0.25) is 5.95 Å². The minimum absolute atomic E-state index is 0.593.